The van der Waals surface area contributed by atoms with Crippen molar-refractivity contribution in [3.8, 4) is 11.1 Å². The molecule has 5 rings (SSSR count). The molecule has 3 N–H and O–H groups in total. The van der Waals surface area contributed by atoms with Crippen molar-refractivity contribution in [1.29, 1.82) is 10.8 Å². The number of aromatic nitrogens is 1. The molecule has 2 aliphatic rings. The third-order valence-electron chi connectivity index (χ3n) is 7.83. The minimum absolute atomic E-state index is 0.145. The standard InChI is InChI=1S/C31H34F2N4O/c32-28-16-22(17-29(33)27(28)10-4-20-12-14-38-15-13-20)26-3-1-2-21-5-11-30(37-31(21)26)23(18-34)19-36-25-8-6-24(35)7-9-25/h1-3,5,11,16-20,25,34-36H,4,6-10,12-15H2/b23-19+,34-18?,35-24?. The highest BCUT2D eigenvalue weighted by Gasteiger charge is 2.19. The SMILES string of the molecule is N=C/C(=C\NC1CCC(=N)CC1)c1ccc2cccc(-c3cc(F)c(CCC4CCOCC4)c(F)c3)c2n1. The number of halogens is 2. The first kappa shape index (κ1) is 26.2. The van der Waals surface area contributed by atoms with Gasteiger partial charge in [0.25, 0.3) is 0 Å². The lowest BCUT2D eigenvalue weighted by atomic mass is 9.91. The van der Waals surface area contributed by atoms with Crippen LogP contribution in [0.2, 0.25) is 0 Å². The summed E-state index contributed by atoms with van der Waals surface area (Å²) in [5.74, 6) is -0.602. The molecule has 0 bridgehead atoms. The van der Waals surface area contributed by atoms with Crippen LogP contribution in [0.25, 0.3) is 27.6 Å². The molecule has 3 aromatic rings. The fourth-order valence-corrected chi connectivity index (χ4v) is 5.45. The second-order valence-electron chi connectivity index (χ2n) is 10.4. The highest BCUT2D eigenvalue weighted by atomic mass is 19.1. The van der Waals surface area contributed by atoms with Gasteiger partial charge in [-0.1, -0.05) is 24.3 Å². The molecule has 2 fully saturated rings. The van der Waals surface area contributed by atoms with Crippen LogP contribution in [0.1, 0.15) is 56.2 Å². The second-order valence-corrected chi connectivity index (χ2v) is 10.4. The third-order valence-corrected chi connectivity index (χ3v) is 7.83. The molecular weight excluding hydrogens is 482 g/mol. The van der Waals surface area contributed by atoms with Gasteiger partial charge in [-0.15, -0.1) is 0 Å². The van der Waals surface area contributed by atoms with E-state index in [0.717, 1.165) is 69.3 Å². The first-order chi connectivity index (χ1) is 18.5. The molecule has 1 aromatic heterocycles. The predicted molar refractivity (Wildman–Crippen MR) is 149 cm³/mol. The quantitative estimate of drug-likeness (QED) is 0.280. The van der Waals surface area contributed by atoms with Gasteiger partial charge in [-0.05, 0) is 81.0 Å². The van der Waals surface area contributed by atoms with Crippen molar-refractivity contribution in [2.75, 3.05) is 13.2 Å². The molecule has 1 aliphatic carbocycles. The highest BCUT2D eigenvalue weighted by molar-refractivity contribution is 6.08. The number of hydrogen-bond acceptors (Lipinski definition) is 5. The van der Waals surface area contributed by atoms with E-state index >= 15 is 8.78 Å². The monoisotopic (exact) mass is 516 g/mol. The van der Waals surface area contributed by atoms with Crippen molar-refractivity contribution in [3.05, 3.63) is 71.6 Å². The number of hydrogen-bond donors (Lipinski definition) is 3. The number of nitrogens with one attached hydrogen (secondary N) is 3. The van der Waals surface area contributed by atoms with Crippen molar-refractivity contribution < 1.29 is 13.5 Å². The fraction of sp³-hybridized carbons (Fsp3) is 0.387. The zero-order chi connectivity index (χ0) is 26.5. The molecule has 0 amide bonds. The van der Waals surface area contributed by atoms with Gasteiger partial charge in [0.2, 0.25) is 0 Å². The van der Waals surface area contributed by atoms with Crippen molar-refractivity contribution in [2.45, 2.75) is 57.4 Å². The zero-order valence-corrected chi connectivity index (χ0v) is 21.5. The Morgan fingerprint density at radius 3 is 2.47 bits per heavy atom. The lowest BCUT2D eigenvalue weighted by Gasteiger charge is -2.23. The number of benzene rings is 2. The Morgan fingerprint density at radius 2 is 1.76 bits per heavy atom. The number of nitrogens with zero attached hydrogens (tertiary/aromatic N) is 1. The van der Waals surface area contributed by atoms with E-state index in [0.29, 0.717) is 40.2 Å². The Morgan fingerprint density at radius 1 is 1.03 bits per heavy atom. The molecule has 198 valence electrons. The van der Waals surface area contributed by atoms with Crippen LogP contribution >= 0.6 is 0 Å². The van der Waals surface area contributed by atoms with Gasteiger partial charge in [-0.25, -0.2) is 13.8 Å². The Kier molecular flexibility index (Phi) is 8.23. The average molecular weight is 517 g/mol. The summed E-state index contributed by atoms with van der Waals surface area (Å²) in [7, 11) is 0. The highest BCUT2D eigenvalue weighted by Crippen LogP contribution is 2.32. The molecule has 1 saturated heterocycles. The molecule has 5 nitrogen and oxygen atoms in total. The van der Waals surface area contributed by atoms with Crippen molar-refractivity contribution in [1.82, 2.24) is 10.3 Å². The van der Waals surface area contributed by atoms with Gasteiger partial charge < -0.3 is 20.9 Å². The maximum Gasteiger partial charge on any atom is 0.129 e. The Hall–Kier alpha value is -3.45. The van der Waals surface area contributed by atoms with Crippen molar-refractivity contribution >= 4 is 28.4 Å². The van der Waals surface area contributed by atoms with Gasteiger partial charge in [0, 0.05) is 59.5 Å². The van der Waals surface area contributed by atoms with Gasteiger partial charge in [0.15, 0.2) is 0 Å². The van der Waals surface area contributed by atoms with E-state index in [-0.39, 0.29) is 11.6 Å². The smallest absolute Gasteiger partial charge is 0.129 e. The van der Waals surface area contributed by atoms with Crippen LogP contribution in [0.15, 0.2) is 48.7 Å². The minimum atomic E-state index is -0.523. The summed E-state index contributed by atoms with van der Waals surface area (Å²) in [6, 6.07) is 12.5. The van der Waals surface area contributed by atoms with E-state index in [2.05, 4.69) is 5.32 Å². The number of allylic oxidation sites excluding steroid dienone is 1. The molecule has 2 heterocycles. The summed E-state index contributed by atoms with van der Waals surface area (Å²) in [6.07, 6.45) is 9.49. The molecule has 0 atom stereocenters. The van der Waals surface area contributed by atoms with Crippen LogP contribution < -0.4 is 5.32 Å². The average Bonchev–Trinajstić information content (AvgIpc) is 2.94. The number of rotatable bonds is 8. The molecule has 7 heteroatoms. The number of fused-ring (bicyclic) bond motifs is 1. The summed E-state index contributed by atoms with van der Waals surface area (Å²) >= 11 is 0. The van der Waals surface area contributed by atoms with Gasteiger partial charge >= 0.3 is 0 Å². The van der Waals surface area contributed by atoms with Crippen LogP contribution in [0.5, 0.6) is 0 Å². The first-order valence-electron chi connectivity index (χ1n) is 13.5. The van der Waals surface area contributed by atoms with Crippen molar-refractivity contribution in [3.63, 3.8) is 0 Å². The first-order valence-corrected chi connectivity index (χ1v) is 13.5. The second kappa shape index (κ2) is 11.9. The van der Waals surface area contributed by atoms with E-state index in [1.807, 2.05) is 36.5 Å². The van der Waals surface area contributed by atoms with Crippen LogP contribution in [-0.2, 0) is 11.2 Å². The molecule has 1 saturated carbocycles. The van der Waals surface area contributed by atoms with Crippen molar-refractivity contribution in [2.24, 2.45) is 5.92 Å². The zero-order valence-electron chi connectivity index (χ0n) is 21.5. The van der Waals surface area contributed by atoms with Gasteiger partial charge in [-0.2, -0.15) is 0 Å². The summed E-state index contributed by atoms with van der Waals surface area (Å²) < 4.78 is 35.7. The number of ether oxygens (including phenoxy) is 1. The molecule has 38 heavy (non-hydrogen) atoms. The minimum Gasteiger partial charge on any atom is -0.388 e. The van der Waals surface area contributed by atoms with Gasteiger partial charge in [0.1, 0.15) is 11.6 Å². The fourth-order valence-electron chi connectivity index (χ4n) is 5.45. The van der Waals surface area contributed by atoms with E-state index in [1.165, 1.54) is 18.3 Å². The van der Waals surface area contributed by atoms with Crippen LogP contribution in [0.3, 0.4) is 0 Å². The lowest BCUT2D eigenvalue weighted by Crippen LogP contribution is -2.29. The number of para-hydroxylation sites is 1. The number of pyridine rings is 1. The van der Waals surface area contributed by atoms with E-state index < -0.39 is 11.6 Å². The molecule has 1 aliphatic heterocycles. The summed E-state index contributed by atoms with van der Waals surface area (Å²) in [5, 5.41) is 20.0. The lowest BCUT2D eigenvalue weighted by molar-refractivity contribution is 0.0639. The Bertz CT molecular complexity index is 1330. The van der Waals surface area contributed by atoms with Crippen LogP contribution in [-0.4, -0.2) is 36.2 Å². The maximum atomic E-state index is 15.2. The van der Waals surface area contributed by atoms with E-state index in [9.17, 15) is 0 Å². The Balaban J connectivity index is 1.41. The van der Waals surface area contributed by atoms with Crippen LogP contribution in [0, 0.1) is 28.4 Å². The summed E-state index contributed by atoms with van der Waals surface area (Å²) in [5.41, 5.74) is 3.93. The molecule has 0 spiro atoms. The van der Waals surface area contributed by atoms with E-state index in [4.69, 9.17) is 20.5 Å². The van der Waals surface area contributed by atoms with Gasteiger partial charge in [0.05, 0.1) is 11.2 Å². The molecular formula is C31H34F2N4O. The topological polar surface area (TPSA) is 81.9 Å². The summed E-state index contributed by atoms with van der Waals surface area (Å²) in [6.45, 7) is 1.45. The van der Waals surface area contributed by atoms with Gasteiger partial charge in [-0.3, -0.25) is 0 Å². The maximum absolute atomic E-state index is 15.2. The summed E-state index contributed by atoms with van der Waals surface area (Å²) in [4.78, 5) is 4.83. The third kappa shape index (κ3) is 5.99. The van der Waals surface area contributed by atoms with E-state index in [1.54, 1.807) is 0 Å². The molecule has 2 aromatic carbocycles. The van der Waals surface area contributed by atoms with Crippen LogP contribution in [0.4, 0.5) is 8.78 Å². The molecule has 0 radical (unpaired) electrons. The normalized spacial score (nSPS) is 19.1. The Labute approximate surface area is 222 Å². The molecule has 0 unspecified atom stereocenters. The predicted octanol–water partition coefficient (Wildman–Crippen LogP) is 7.08. The largest absolute Gasteiger partial charge is 0.388 e.